The number of likely N-dealkylation sites (N-methyl/N-ethyl adjacent to an activating group) is 1. The number of alkyl halides is 3. The minimum absolute atomic E-state index is 0.00422. The van der Waals surface area contributed by atoms with Crippen LogP contribution in [-0.2, 0) is 23.9 Å². The number of nitrogens with one attached hydrogen (secondary N) is 1. The number of benzene rings is 1. The van der Waals surface area contributed by atoms with Crippen molar-refractivity contribution in [2.75, 3.05) is 12.4 Å². The highest BCUT2D eigenvalue weighted by Gasteiger charge is 2.30. The Morgan fingerprint density at radius 3 is 2.55 bits per heavy atom. The van der Waals surface area contributed by atoms with E-state index in [-0.39, 0.29) is 24.6 Å². The molecule has 6 nitrogen and oxygen atoms in total. The number of amides is 2. The smallest absolute Gasteiger partial charge is 0.416 e. The second kappa shape index (κ2) is 8.48. The van der Waals surface area contributed by atoms with Gasteiger partial charge in [0.2, 0.25) is 5.91 Å². The summed E-state index contributed by atoms with van der Waals surface area (Å²) in [7, 11) is 1.56. The van der Waals surface area contributed by atoms with Crippen LogP contribution in [0.15, 0.2) is 52.5 Å². The van der Waals surface area contributed by atoms with Gasteiger partial charge in [0.15, 0.2) is 10.9 Å². The molecule has 2 amide bonds. The summed E-state index contributed by atoms with van der Waals surface area (Å²) in [4.78, 5) is 29.9. The Morgan fingerprint density at radius 1 is 1.21 bits per heavy atom. The first-order valence-corrected chi connectivity index (χ1v) is 9.29. The Balaban J connectivity index is 1.54. The van der Waals surface area contributed by atoms with Gasteiger partial charge in [-0.15, -0.1) is 11.3 Å². The lowest BCUT2D eigenvalue weighted by molar-refractivity contribution is -0.137. The number of halogens is 3. The van der Waals surface area contributed by atoms with E-state index < -0.39 is 17.6 Å². The summed E-state index contributed by atoms with van der Waals surface area (Å²) in [6, 6.07) is 7.77. The maximum atomic E-state index is 12.6. The van der Waals surface area contributed by atoms with Crippen LogP contribution in [0.2, 0.25) is 0 Å². The van der Waals surface area contributed by atoms with Crippen LogP contribution >= 0.6 is 11.3 Å². The van der Waals surface area contributed by atoms with Crippen molar-refractivity contribution in [2.45, 2.75) is 19.1 Å². The molecule has 0 bridgehead atoms. The van der Waals surface area contributed by atoms with Gasteiger partial charge in [0.1, 0.15) is 0 Å². The molecular formula is C19H16F3N3O3S. The second-order valence-electron chi connectivity index (χ2n) is 6.20. The molecule has 0 atom stereocenters. The molecule has 0 fully saturated rings. The van der Waals surface area contributed by atoms with E-state index in [1.165, 1.54) is 40.7 Å². The van der Waals surface area contributed by atoms with E-state index in [2.05, 4.69) is 10.3 Å². The molecule has 0 aliphatic heterocycles. The highest BCUT2D eigenvalue weighted by molar-refractivity contribution is 7.14. The molecule has 3 aromatic rings. The number of nitrogens with zero attached hydrogens (tertiary/aromatic N) is 2. The molecule has 2 aromatic heterocycles. The quantitative estimate of drug-likeness (QED) is 0.645. The monoisotopic (exact) mass is 423 g/mol. The highest BCUT2D eigenvalue weighted by atomic mass is 32.1. The number of aromatic nitrogens is 1. The molecule has 0 spiro atoms. The van der Waals surface area contributed by atoms with E-state index in [0.29, 0.717) is 16.4 Å². The number of thiazole rings is 1. The third kappa shape index (κ3) is 5.44. The molecule has 0 unspecified atom stereocenters. The van der Waals surface area contributed by atoms with Crippen molar-refractivity contribution >= 4 is 28.3 Å². The van der Waals surface area contributed by atoms with Crippen LogP contribution in [0.3, 0.4) is 0 Å². The summed E-state index contributed by atoms with van der Waals surface area (Å²) in [5.74, 6) is -0.546. The van der Waals surface area contributed by atoms with Gasteiger partial charge in [-0.3, -0.25) is 14.9 Å². The molecular weight excluding hydrogens is 407 g/mol. The predicted octanol–water partition coefficient (Wildman–Crippen LogP) is 4.21. The van der Waals surface area contributed by atoms with Crippen molar-refractivity contribution in [1.29, 1.82) is 0 Å². The Bertz CT molecular complexity index is 982. The molecule has 0 aliphatic rings. The predicted molar refractivity (Wildman–Crippen MR) is 100 cm³/mol. The highest BCUT2D eigenvalue weighted by Crippen LogP contribution is 2.29. The SMILES string of the molecule is CN(Cc1ccc(C(F)(F)F)cc1)C(=O)Cc1csc(NC(=O)c2ccco2)n1. The van der Waals surface area contributed by atoms with Crippen molar-refractivity contribution in [3.05, 3.63) is 70.6 Å². The van der Waals surface area contributed by atoms with Crippen molar-refractivity contribution in [3.63, 3.8) is 0 Å². The molecule has 2 heterocycles. The normalized spacial score (nSPS) is 11.3. The number of hydrogen-bond acceptors (Lipinski definition) is 5. The average Bonchev–Trinajstić information content (AvgIpc) is 3.33. The molecule has 1 N–H and O–H groups in total. The maximum absolute atomic E-state index is 12.6. The topological polar surface area (TPSA) is 75.4 Å². The second-order valence-corrected chi connectivity index (χ2v) is 7.05. The van der Waals surface area contributed by atoms with Gasteiger partial charge in [-0.1, -0.05) is 12.1 Å². The summed E-state index contributed by atoms with van der Waals surface area (Å²) in [5, 5.41) is 4.57. The molecule has 0 radical (unpaired) electrons. The number of carbonyl (C=O) groups is 2. The molecule has 0 aliphatic carbocycles. The summed E-state index contributed by atoms with van der Waals surface area (Å²) >= 11 is 1.17. The fourth-order valence-electron chi connectivity index (χ4n) is 2.46. The summed E-state index contributed by atoms with van der Waals surface area (Å²) in [5.41, 5.74) is 0.328. The zero-order valence-electron chi connectivity index (χ0n) is 15.2. The van der Waals surface area contributed by atoms with Crippen LogP contribution in [0, 0.1) is 0 Å². The summed E-state index contributed by atoms with van der Waals surface area (Å²) < 4.78 is 42.8. The van der Waals surface area contributed by atoms with Crippen LogP contribution in [0.5, 0.6) is 0 Å². The first kappa shape index (κ1) is 20.6. The number of hydrogen-bond donors (Lipinski definition) is 1. The van der Waals surface area contributed by atoms with Crippen LogP contribution < -0.4 is 5.32 Å². The minimum Gasteiger partial charge on any atom is -0.459 e. The van der Waals surface area contributed by atoms with E-state index in [9.17, 15) is 22.8 Å². The van der Waals surface area contributed by atoms with Gasteiger partial charge in [-0.05, 0) is 29.8 Å². The van der Waals surface area contributed by atoms with E-state index in [0.717, 1.165) is 12.1 Å². The number of anilines is 1. The third-order valence-corrected chi connectivity index (χ3v) is 4.78. The van der Waals surface area contributed by atoms with Gasteiger partial charge < -0.3 is 9.32 Å². The Hall–Kier alpha value is -3.14. The van der Waals surface area contributed by atoms with Crippen molar-refractivity contribution in [1.82, 2.24) is 9.88 Å². The van der Waals surface area contributed by atoms with Gasteiger partial charge >= 0.3 is 6.18 Å². The molecule has 3 rings (SSSR count). The van der Waals surface area contributed by atoms with Crippen LogP contribution in [0.4, 0.5) is 18.3 Å². The Morgan fingerprint density at radius 2 is 1.93 bits per heavy atom. The van der Waals surface area contributed by atoms with Crippen molar-refractivity contribution in [3.8, 4) is 0 Å². The van der Waals surface area contributed by atoms with E-state index in [1.54, 1.807) is 18.5 Å². The van der Waals surface area contributed by atoms with E-state index in [4.69, 9.17) is 4.42 Å². The molecule has 0 saturated carbocycles. The lowest BCUT2D eigenvalue weighted by Crippen LogP contribution is -2.27. The average molecular weight is 423 g/mol. The van der Waals surface area contributed by atoms with Crippen LogP contribution in [-0.4, -0.2) is 28.7 Å². The van der Waals surface area contributed by atoms with Gasteiger partial charge in [-0.25, -0.2) is 4.98 Å². The summed E-state index contributed by atoms with van der Waals surface area (Å²) in [6.45, 7) is 0.170. The van der Waals surface area contributed by atoms with Gasteiger partial charge in [-0.2, -0.15) is 13.2 Å². The standard InChI is InChI=1S/C19H16F3N3O3S/c1-25(10-12-4-6-13(7-5-12)19(20,21)22)16(26)9-14-11-29-18(23-14)24-17(27)15-3-2-8-28-15/h2-8,11H,9-10H2,1H3,(H,23,24,27). The van der Waals surface area contributed by atoms with Gasteiger partial charge in [0.05, 0.1) is 23.9 Å². The number of rotatable bonds is 6. The zero-order valence-corrected chi connectivity index (χ0v) is 16.0. The van der Waals surface area contributed by atoms with Crippen LogP contribution in [0.1, 0.15) is 27.4 Å². The van der Waals surface area contributed by atoms with E-state index >= 15 is 0 Å². The zero-order chi connectivity index (χ0) is 21.0. The molecule has 10 heteroatoms. The largest absolute Gasteiger partial charge is 0.459 e. The first-order chi connectivity index (χ1) is 13.7. The lowest BCUT2D eigenvalue weighted by atomic mass is 10.1. The first-order valence-electron chi connectivity index (χ1n) is 8.42. The maximum Gasteiger partial charge on any atom is 0.416 e. The Kier molecular flexibility index (Phi) is 6.02. The fourth-order valence-corrected chi connectivity index (χ4v) is 3.17. The molecule has 1 aromatic carbocycles. The van der Waals surface area contributed by atoms with Crippen LogP contribution in [0.25, 0.3) is 0 Å². The Labute approximate surface area is 168 Å². The van der Waals surface area contributed by atoms with Crippen molar-refractivity contribution in [2.24, 2.45) is 0 Å². The minimum atomic E-state index is -4.39. The fraction of sp³-hybridized carbons (Fsp3) is 0.211. The molecule has 152 valence electrons. The van der Waals surface area contributed by atoms with Gasteiger partial charge in [0, 0.05) is 19.0 Å². The molecule has 0 saturated heterocycles. The number of carbonyl (C=O) groups excluding carboxylic acids is 2. The van der Waals surface area contributed by atoms with Gasteiger partial charge in [0.25, 0.3) is 5.91 Å². The number of furan rings is 1. The third-order valence-electron chi connectivity index (χ3n) is 3.98. The lowest BCUT2D eigenvalue weighted by Gasteiger charge is -2.17. The summed E-state index contributed by atoms with van der Waals surface area (Å²) in [6.07, 6.45) is -3.01. The molecule has 29 heavy (non-hydrogen) atoms. The van der Waals surface area contributed by atoms with Crippen molar-refractivity contribution < 1.29 is 27.2 Å². The van der Waals surface area contributed by atoms with E-state index in [1.807, 2.05) is 0 Å².